The predicted octanol–water partition coefficient (Wildman–Crippen LogP) is 1.93. The molecular formula is C11H21N3S. The highest BCUT2D eigenvalue weighted by Crippen LogP contribution is 2.06. The van der Waals surface area contributed by atoms with Crippen LogP contribution in [0.15, 0.2) is 5.38 Å². The Morgan fingerprint density at radius 3 is 2.80 bits per heavy atom. The minimum atomic E-state index is 0.589. The minimum absolute atomic E-state index is 0.589. The topological polar surface area (TPSA) is 37.0 Å². The first-order chi connectivity index (χ1) is 7.18. The fourth-order valence-corrected chi connectivity index (χ4v) is 1.92. The normalized spacial score (nSPS) is 11.2. The zero-order chi connectivity index (χ0) is 11.1. The Labute approximate surface area is 96.3 Å². The molecule has 15 heavy (non-hydrogen) atoms. The molecule has 1 aromatic rings. The molecule has 0 saturated carbocycles. The molecule has 0 saturated heterocycles. The van der Waals surface area contributed by atoms with Crippen LogP contribution in [0.1, 0.15) is 31.0 Å². The molecule has 0 fully saturated rings. The molecule has 2 N–H and O–H groups in total. The van der Waals surface area contributed by atoms with Crippen LogP contribution in [0.4, 0.5) is 0 Å². The molecule has 0 aliphatic heterocycles. The zero-order valence-corrected chi connectivity index (χ0v) is 10.7. The third kappa shape index (κ3) is 5.87. The Morgan fingerprint density at radius 2 is 2.20 bits per heavy atom. The monoisotopic (exact) mass is 227 g/mol. The van der Waals surface area contributed by atoms with Crippen LogP contribution >= 0.6 is 11.3 Å². The Hall–Kier alpha value is -0.450. The lowest BCUT2D eigenvalue weighted by Gasteiger charge is -2.07. The van der Waals surface area contributed by atoms with Gasteiger partial charge in [0.05, 0.1) is 10.7 Å². The molecule has 0 radical (unpaired) electrons. The van der Waals surface area contributed by atoms with Gasteiger partial charge < -0.3 is 10.6 Å². The average molecular weight is 227 g/mol. The minimum Gasteiger partial charge on any atom is -0.314 e. The van der Waals surface area contributed by atoms with Crippen molar-refractivity contribution in [1.82, 2.24) is 15.6 Å². The summed E-state index contributed by atoms with van der Waals surface area (Å²) in [5, 5.41) is 10.1. The maximum Gasteiger partial charge on any atom is 0.0897 e. The van der Waals surface area contributed by atoms with E-state index < -0.39 is 0 Å². The summed E-state index contributed by atoms with van der Waals surface area (Å²) in [7, 11) is 0. The summed E-state index contributed by atoms with van der Waals surface area (Å²) in [6.07, 6.45) is 1.17. The molecule has 0 unspecified atom stereocenters. The van der Waals surface area contributed by atoms with Gasteiger partial charge in [-0.15, -0.1) is 11.3 Å². The molecule has 3 nitrogen and oxygen atoms in total. The van der Waals surface area contributed by atoms with Crippen molar-refractivity contribution < 1.29 is 0 Å². The summed E-state index contributed by atoms with van der Waals surface area (Å²) in [5.74, 6) is 0. The number of nitrogens with one attached hydrogen (secondary N) is 2. The highest BCUT2D eigenvalue weighted by molar-refractivity contribution is 7.09. The van der Waals surface area contributed by atoms with Gasteiger partial charge in [0.15, 0.2) is 0 Å². The van der Waals surface area contributed by atoms with E-state index in [1.807, 2.05) is 6.92 Å². The first-order valence-electron chi connectivity index (χ1n) is 5.53. The number of nitrogens with zero attached hydrogens (tertiary/aromatic N) is 1. The van der Waals surface area contributed by atoms with E-state index in [9.17, 15) is 0 Å². The lowest BCUT2D eigenvalue weighted by Crippen LogP contribution is -2.26. The lowest BCUT2D eigenvalue weighted by atomic mass is 10.3. The van der Waals surface area contributed by atoms with Crippen LogP contribution in [-0.2, 0) is 6.54 Å². The van der Waals surface area contributed by atoms with E-state index >= 15 is 0 Å². The first kappa shape index (κ1) is 12.6. The SMILES string of the molecule is Cc1nc(CNCCCNC(C)C)cs1. The molecular weight excluding hydrogens is 206 g/mol. The van der Waals surface area contributed by atoms with E-state index in [-0.39, 0.29) is 0 Å². The number of rotatable bonds is 7. The van der Waals surface area contributed by atoms with Gasteiger partial charge in [0.1, 0.15) is 0 Å². The lowest BCUT2D eigenvalue weighted by molar-refractivity contribution is 0.546. The molecule has 1 rings (SSSR count). The highest BCUT2D eigenvalue weighted by atomic mass is 32.1. The van der Waals surface area contributed by atoms with E-state index in [0.29, 0.717) is 6.04 Å². The largest absolute Gasteiger partial charge is 0.314 e. The van der Waals surface area contributed by atoms with Crippen LogP contribution in [-0.4, -0.2) is 24.1 Å². The average Bonchev–Trinajstić information content (AvgIpc) is 2.57. The van der Waals surface area contributed by atoms with Gasteiger partial charge in [-0.3, -0.25) is 0 Å². The number of thiazole rings is 1. The molecule has 1 aromatic heterocycles. The molecule has 0 aliphatic rings. The summed E-state index contributed by atoms with van der Waals surface area (Å²) in [6.45, 7) is 9.42. The third-order valence-corrected chi connectivity index (χ3v) is 2.88. The van der Waals surface area contributed by atoms with Gasteiger partial charge >= 0.3 is 0 Å². The molecule has 1 heterocycles. The van der Waals surface area contributed by atoms with Crippen molar-refractivity contribution in [3.8, 4) is 0 Å². The van der Waals surface area contributed by atoms with Crippen LogP contribution in [0, 0.1) is 6.92 Å². The number of aryl methyl sites for hydroxylation is 1. The summed E-state index contributed by atoms with van der Waals surface area (Å²) >= 11 is 1.71. The van der Waals surface area contributed by atoms with Crippen LogP contribution in [0.5, 0.6) is 0 Å². The molecule has 0 atom stereocenters. The van der Waals surface area contributed by atoms with E-state index in [1.54, 1.807) is 11.3 Å². The van der Waals surface area contributed by atoms with Crippen molar-refractivity contribution in [1.29, 1.82) is 0 Å². The van der Waals surface area contributed by atoms with Gasteiger partial charge in [-0.25, -0.2) is 4.98 Å². The Morgan fingerprint density at radius 1 is 1.40 bits per heavy atom. The number of aromatic nitrogens is 1. The fourth-order valence-electron chi connectivity index (χ4n) is 1.31. The maximum absolute atomic E-state index is 4.40. The van der Waals surface area contributed by atoms with Gasteiger partial charge in [-0.1, -0.05) is 13.8 Å². The Balaban J connectivity index is 1.98. The maximum atomic E-state index is 4.40. The van der Waals surface area contributed by atoms with Crippen molar-refractivity contribution in [2.45, 2.75) is 39.8 Å². The third-order valence-electron chi connectivity index (χ3n) is 2.06. The van der Waals surface area contributed by atoms with Crippen LogP contribution in [0.3, 0.4) is 0 Å². The Bertz CT molecular complexity index is 271. The van der Waals surface area contributed by atoms with Crippen LogP contribution in [0.25, 0.3) is 0 Å². The second kappa shape index (κ2) is 6.93. The van der Waals surface area contributed by atoms with Crippen molar-refractivity contribution in [2.24, 2.45) is 0 Å². The van der Waals surface area contributed by atoms with E-state index in [1.165, 1.54) is 6.42 Å². The highest BCUT2D eigenvalue weighted by Gasteiger charge is 1.97. The fraction of sp³-hybridized carbons (Fsp3) is 0.727. The zero-order valence-electron chi connectivity index (χ0n) is 9.84. The van der Waals surface area contributed by atoms with Gasteiger partial charge in [0, 0.05) is 18.0 Å². The second-order valence-electron chi connectivity index (χ2n) is 4.00. The summed E-state index contributed by atoms with van der Waals surface area (Å²) in [6, 6.07) is 0.589. The van der Waals surface area contributed by atoms with E-state index in [2.05, 4.69) is 34.8 Å². The molecule has 0 spiro atoms. The standard InChI is InChI=1S/C11H21N3S/c1-9(2)13-6-4-5-12-7-11-8-15-10(3)14-11/h8-9,12-13H,4-7H2,1-3H3. The van der Waals surface area contributed by atoms with E-state index in [4.69, 9.17) is 0 Å². The number of hydrogen-bond donors (Lipinski definition) is 2. The Kier molecular flexibility index (Phi) is 5.83. The smallest absolute Gasteiger partial charge is 0.0897 e. The number of hydrogen-bond acceptors (Lipinski definition) is 4. The summed E-state index contributed by atoms with van der Waals surface area (Å²) in [5.41, 5.74) is 1.16. The van der Waals surface area contributed by atoms with E-state index in [0.717, 1.165) is 30.3 Å². The molecule has 86 valence electrons. The second-order valence-corrected chi connectivity index (χ2v) is 5.06. The predicted molar refractivity (Wildman–Crippen MR) is 66.3 cm³/mol. The van der Waals surface area contributed by atoms with Crippen molar-refractivity contribution in [3.63, 3.8) is 0 Å². The molecule has 0 aromatic carbocycles. The van der Waals surface area contributed by atoms with Gasteiger partial charge in [-0.2, -0.15) is 0 Å². The quantitative estimate of drug-likeness (QED) is 0.699. The molecule has 0 aliphatic carbocycles. The van der Waals surface area contributed by atoms with Crippen molar-refractivity contribution in [3.05, 3.63) is 16.1 Å². The summed E-state index contributed by atoms with van der Waals surface area (Å²) < 4.78 is 0. The molecule has 0 amide bonds. The van der Waals surface area contributed by atoms with Gasteiger partial charge in [0.25, 0.3) is 0 Å². The van der Waals surface area contributed by atoms with Crippen molar-refractivity contribution in [2.75, 3.05) is 13.1 Å². The van der Waals surface area contributed by atoms with Gasteiger partial charge in [-0.05, 0) is 26.4 Å². The summed E-state index contributed by atoms with van der Waals surface area (Å²) in [4.78, 5) is 4.40. The first-order valence-corrected chi connectivity index (χ1v) is 6.41. The molecule has 0 bridgehead atoms. The van der Waals surface area contributed by atoms with Crippen LogP contribution in [0.2, 0.25) is 0 Å². The van der Waals surface area contributed by atoms with Gasteiger partial charge in [0.2, 0.25) is 0 Å². The molecule has 4 heteroatoms. The van der Waals surface area contributed by atoms with Crippen molar-refractivity contribution >= 4 is 11.3 Å². The van der Waals surface area contributed by atoms with Crippen LogP contribution < -0.4 is 10.6 Å².